The highest BCUT2D eigenvalue weighted by Crippen LogP contribution is 2.27. The van der Waals surface area contributed by atoms with Gasteiger partial charge in [0.05, 0.1) is 6.54 Å². The maximum atomic E-state index is 11.8. The Hall–Kier alpha value is -1.39. The number of nitrogens with one attached hydrogen (secondary N) is 2. The zero-order valence-electron chi connectivity index (χ0n) is 14.0. The average Bonchev–Trinajstić information content (AvgIpc) is 3.39. The van der Waals surface area contributed by atoms with Gasteiger partial charge in [-0.05, 0) is 62.4 Å². The second-order valence-corrected chi connectivity index (χ2v) is 7.00. The first kappa shape index (κ1) is 16.5. The van der Waals surface area contributed by atoms with Gasteiger partial charge in [0.1, 0.15) is 0 Å². The van der Waals surface area contributed by atoms with Crippen LogP contribution in [0.15, 0.2) is 24.3 Å². The number of carbonyl (C=O) groups excluding carboxylic acids is 1. The van der Waals surface area contributed by atoms with Gasteiger partial charge in [-0.25, -0.2) is 0 Å². The molecule has 23 heavy (non-hydrogen) atoms. The topological polar surface area (TPSA) is 44.4 Å². The molecular weight excluding hydrogens is 286 g/mol. The molecule has 2 N–H and O–H groups in total. The van der Waals surface area contributed by atoms with Crippen molar-refractivity contribution in [2.24, 2.45) is 5.92 Å². The first-order valence-electron chi connectivity index (χ1n) is 9.07. The molecule has 0 bridgehead atoms. The Balaban J connectivity index is 1.35. The van der Waals surface area contributed by atoms with E-state index in [9.17, 15) is 4.79 Å². The van der Waals surface area contributed by atoms with Gasteiger partial charge in [0, 0.05) is 13.1 Å². The van der Waals surface area contributed by atoms with Gasteiger partial charge >= 0.3 is 0 Å². The summed E-state index contributed by atoms with van der Waals surface area (Å²) in [5.41, 5.74) is 2.54. The van der Waals surface area contributed by atoms with E-state index >= 15 is 0 Å². The number of likely N-dealkylation sites (tertiary alicyclic amines) is 1. The fourth-order valence-corrected chi connectivity index (χ4v) is 3.11. The van der Waals surface area contributed by atoms with Crippen molar-refractivity contribution in [2.75, 3.05) is 26.2 Å². The summed E-state index contributed by atoms with van der Waals surface area (Å²) in [7, 11) is 0. The van der Waals surface area contributed by atoms with Crippen molar-refractivity contribution < 1.29 is 4.79 Å². The predicted octanol–water partition coefficient (Wildman–Crippen LogP) is 2.29. The monoisotopic (exact) mass is 315 g/mol. The molecular formula is C19H29N3O. The van der Waals surface area contributed by atoms with Crippen LogP contribution in [-0.4, -0.2) is 37.0 Å². The highest BCUT2D eigenvalue weighted by Gasteiger charge is 2.20. The van der Waals surface area contributed by atoms with E-state index in [0.29, 0.717) is 13.1 Å². The van der Waals surface area contributed by atoms with Crippen molar-refractivity contribution in [3.8, 4) is 0 Å². The van der Waals surface area contributed by atoms with Crippen LogP contribution in [0.2, 0.25) is 0 Å². The van der Waals surface area contributed by atoms with Crippen LogP contribution in [0, 0.1) is 5.92 Å². The minimum Gasteiger partial charge on any atom is -0.351 e. The number of rotatable bonds is 8. The maximum Gasteiger partial charge on any atom is 0.234 e. The van der Waals surface area contributed by atoms with Gasteiger partial charge in [0.25, 0.3) is 0 Å². The minimum atomic E-state index is 0.0862. The van der Waals surface area contributed by atoms with Crippen LogP contribution in [0.25, 0.3) is 0 Å². The van der Waals surface area contributed by atoms with E-state index in [2.05, 4.69) is 39.8 Å². The van der Waals surface area contributed by atoms with Gasteiger partial charge in [-0.15, -0.1) is 0 Å². The lowest BCUT2D eigenvalue weighted by Gasteiger charge is -2.26. The molecule has 1 aromatic carbocycles. The molecule has 2 fully saturated rings. The molecule has 3 rings (SSSR count). The van der Waals surface area contributed by atoms with Crippen molar-refractivity contribution in [1.82, 2.24) is 15.5 Å². The smallest absolute Gasteiger partial charge is 0.234 e. The molecule has 1 amide bonds. The number of carbonyl (C=O) groups is 1. The molecule has 1 aliphatic heterocycles. The summed E-state index contributed by atoms with van der Waals surface area (Å²) in [5, 5.41) is 6.20. The Bertz CT molecular complexity index is 490. The third-order valence-corrected chi connectivity index (χ3v) is 4.78. The number of hydrogen-bond acceptors (Lipinski definition) is 3. The van der Waals surface area contributed by atoms with Gasteiger partial charge in [-0.3, -0.25) is 9.69 Å². The molecule has 1 aliphatic carbocycles. The molecule has 126 valence electrons. The Morgan fingerprint density at radius 1 is 1.04 bits per heavy atom. The fourth-order valence-electron chi connectivity index (χ4n) is 3.11. The third kappa shape index (κ3) is 5.96. The van der Waals surface area contributed by atoms with Crippen LogP contribution in [0.3, 0.4) is 0 Å². The van der Waals surface area contributed by atoms with E-state index in [1.54, 1.807) is 0 Å². The maximum absolute atomic E-state index is 11.8. The Morgan fingerprint density at radius 2 is 1.74 bits per heavy atom. The second kappa shape index (κ2) is 8.46. The van der Waals surface area contributed by atoms with E-state index in [0.717, 1.165) is 19.0 Å². The number of benzene rings is 1. The molecule has 0 unspecified atom stereocenters. The molecule has 1 saturated carbocycles. The lowest BCUT2D eigenvalue weighted by Crippen LogP contribution is -2.34. The Labute approximate surface area is 139 Å². The molecule has 0 spiro atoms. The quantitative estimate of drug-likeness (QED) is 0.773. The summed E-state index contributed by atoms with van der Waals surface area (Å²) in [6.07, 6.45) is 6.68. The summed E-state index contributed by atoms with van der Waals surface area (Å²) >= 11 is 0. The van der Waals surface area contributed by atoms with Gasteiger partial charge in [0.2, 0.25) is 5.91 Å². The molecule has 2 aliphatic rings. The normalized spacial score (nSPS) is 18.8. The molecule has 1 saturated heterocycles. The van der Waals surface area contributed by atoms with Gasteiger partial charge < -0.3 is 10.6 Å². The number of nitrogens with zero attached hydrogens (tertiary/aromatic N) is 1. The van der Waals surface area contributed by atoms with Gasteiger partial charge in [0.15, 0.2) is 0 Å². The number of piperidine rings is 1. The largest absolute Gasteiger partial charge is 0.351 e. The number of hydrogen-bond donors (Lipinski definition) is 2. The van der Waals surface area contributed by atoms with Crippen molar-refractivity contribution in [3.05, 3.63) is 35.4 Å². The Kier molecular flexibility index (Phi) is 6.06. The summed E-state index contributed by atoms with van der Waals surface area (Å²) in [4.78, 5) is 14.3. The predicted molar refractivity (Wildman–Crippen MR) is 93.0 cm³/mol. The van der Waals surface area contributed by atoms with E-state index < -0.39 is 0 Å². The van der Waals surface area contributed by atoms with Gasteiger partial charge in [-0.1, -0.05) is 30.7 Å². The van der Waals surface area contributed by atoms with Crippen molar-refractivity contribution in [3.63, 3.8) is 0 Å². The van der Waals surface area contributed by atoms with Gasteiger partial charge in [-0.2, -0.15) is 0 Å². The summed E-state index contributed by atoms with van der Waals surface area (Å²) in [5.74, 6) is 0.901. The highest BCUT2D eigenvalue weighted by molar-refractivity contribution is 5.77. The van der Waals surface area contributed by atoms with Crippen LogP contribution in [0.1, 0.15) is 43.2 Å². The fraction of sp³-hybridized carbons (Fsp3) is 0.632. The lowest BCUT2D eigenvalue weighted by atomic mass is 10.1. The molecule has 1 aromatic rings. The van der Waals surface area contributed by atoms with Crippen LogP contribution in [-0.2, 0) is 17.9 Å². The van der Waals surface area contributed by atoms with Crippen LogP contribution in [0.5, 0.6) is 0 Å². The highest BCUT2D eigenvalue weighted by atomic mass is 16.1. The standard InChI is InChI=1S/C19H29N3O/c23-19(14-20-12-16-4-5-16)21-13-17-6-8-18(9-7-17)15-22-10-2-1-3-11-22/h6-9,16,20H,1-5,10-15H2,(H,21,23). The zero-order chi connectivity index (χ0) is 15.9. The average molecular weight is 315 g/mol. The van der Waals surface area contributed by atoms with Crippen LogP contribution < -0.4 is 10.6 Å². The zero-order valence-corrected chi connectivity index (χ0v) is 14.0. The SMILES string of the molecule is O=C(CNCC1CC1)NCc1ccc(CN2CCCCC2)cc1. The summed E-state index contributed by atoms with van der Waals surface area (Å²) < 4.78 is 0. The van der Waals surface area contributed by atoms with Crippen LogP contribution in [0.4, 0.5) is 0 Å². The van der Waals surface area contributed by atoms with Crippen molar-refractivity contribution in [2.45, 2.75) is 45.2 Å². The molecule has 0 atom stereocenters. The molecule has 1 heterocycles. The third-order valence-electron chi connectivity index (χ3n) is 4.78. The molecule has 0 aromatic heterocycles. The minimum absolute atomic E-state index is 0.0862. The van der Waals surface area contributed by atoms with E-state index in [1.165, 1.54) is 56.3 Å². The first-order chi connectivity index (χ1) is 11.3. The van der Waals surface area contributed by atoms with E-state index in [-0.39, 0.29) is 5.91 Å². The summed E-state index contributed by atoms with van der Waals surface area (Å²) in [6.45, 7) is 5.55. The first-order valence-corrected chi connectivity index (χ1v) is 9.07. The second-order valence-electron chi connectivity index (χ2n) is 7.00. The number of amides is 1. The van der Waals surface area contributed by atoms with Crippen molar-refractivity contribution in [1.29, 1.82) is 0 Å². The molecule has 0 radical (unpaired) electrons. The van der Waals surface area contributed by atoms with Crippen molar-refractivity contribution >= 4 is 5.91 Å². The summed E-state index contributed by atoms with van der Waals surface area (Å²) in [6, 6.07) is 8.66. The van der Waals surface area contributed by atoms with E-state index in [4.69, 9.17) is 0 Å². The lowest BCUT2D eigenvalue weighted by molar-refractivity contribution is -0.120. The molecule has 4 nitrogen and oxygen atoms in total. The Morgan fingerprint density at radius 3 is 2.43 bits per heavy atom. The van der Waals surface area contributed by atoms with E-state index in [1.807, 2.05) is 0 Å². The molecule has 4 heteroatoms. The van der Waals surface area contributed by atoms with Crippen LogP contribution >= 0.6 is 0 Å².